The summed E-state index contributed by atoms with van der Waals surface area (Å²) >= 11 is 0. The number of rotatable bonds is 5. The summed E-state index contributed by atoms with van der Waals surface area (Å²) in [5.41, 5.74) is 0.273. The Balaban J connectivity index is 1.38. The number of nitrogens with one attached hydrogen (secondary N) is 1. The summed E-state index contributed by atoms with van der Waals surface area (Å²) in [5.74, 6) is 0.277. The lowest BCUT2D eigenvalue weighted by Gasteiger charge is -2.37. The maximum absolute atomic E-state index is 12.7. The van der Waals surface area contributed by atoms with Crippen LogP contribution in [0.2, 0.25) is 0 Å². The molecule has 0 bridgehead atoms. The molecule has 29 heavy (non-hydrogen) atoms. The van der Waals surface area contributed by atoms with Crippen molar-refractivity contribution in [2.24, 2.45) is 0 Å². The van der Waals surface area contributed by atoms with E-state index in [1.807, 2.05) is 24.3 Å². The van der Waals surface area contributed by atoms with E-state index in [0.717, 1.165) is 35.7 Å². The summed E-state index contributed by atoms with van der Waals surface area (Å²) in [5, 5.41) is 2.81. The van der Waals surface area contributed by atoms with Crippen molar-refractivity contribution in [1.82, 2.24) is 15.1 Å². The van der Waals surface area contributed by atoms with Gasteiger partial charge in [-0.05, 0) is 31.9 Å². The highest BCUT2D eigenvalue weighted by Gasteiger charge is 2.52. The van der Waals surface area contributed by atoms with E-state index in [0.29, 0.717) is 25.9 Å². The van der Waals surface area contributed by atoms with Crippen molar-refractivity contribution >= 4 is 23.5 Å². The number of hydrogen-bond donors (Lipinski definition) is 1. The van der Waals surface area contributed by atoms with Crippen LogP contribution in [0.1, 0.15) is 32.6 Å². The number of hydrogen-bond acceptors (Lipinski definition) is 5. The zero-order chi connectivity index (χ0) is 20.6. The molecule has 1 N–H and O–H groups in total. The average molecular weight is 400 g/mol. The zero-order valence-corrected chi connectivity index (χ0v) is 17.0. The van der Waals surface area contributed by atoms with Gasteiger partial charge in [-0.1, -0.05) is 25.0 Å². The molecule has 1 aromatic carbocycles. The predicted molar refractivity (Wildman–Crippen MR) is 108 cm³/mol. The van der Waals surface area contributed by atoms with Gasteiger partial charge >= 0.3 is 6.03 Å². The number of para-hydroxylation sites is 2. The summed E-state index contributed by atoms with van der Waals surface area (Å²) in [6, 6.07) is 7.41. The van der Waals surface area contributed by atoms with Gasteiger partial charge in [0, 0.05) is 13.6 Å². The molecule has 156 valence electrons. The van der Waals surface area contributed by atoms with Crippen molar-refractivity contribution in [3.05, 3.63) is 24.3 Å². The van der Waals surface area contributed by atoms with Crippen LogP contribution in [0.3, 0.4) is 0 Å². The number of imide groups is 1. The maximum atomic E-state index is 12.7. The zero-order valence-electron chi connectivity index (χ0n) is 17.0. The van der Waals surface area contributed by atoms with Gasteiger partial charge in [0.2, 0.25) is 5.91 Å². The minimum Gasteiger partial charge on any atom is -0.485 e. The van der Waals surface area contributed by atoms with E-state index in [2.05, 4.69) is 17.1 Å². The van der Waals surface area contributed by atoms with E-state index in [4.69, 9.17) is 4.74 Å². The lowest BCUT2D eigenvalue weighted by Crippen LogP contribution is -2.49. The van der Waals surface area contributed by atoms with Gasteiger partial charge in [-0.15, -0.1) is 0 Å². The van der Waals surface area contributed by atoms with Crippen molar-refractivity contribution in [3.8, 4) is 5.75 Å². The predicted octanol–water partition coefficient (Wildman–Crippen LogP) is 1.60. The van der Waals surface area contributed by atoms with Crippen LogP contribution in [0.4, 0.5) is 10.5 Å². The van der Waals surface area contributed by atoms with Gasteiger partial charge < -0.3 is 19.9 Å². The van der Waals surface area contributed by atoms with Crippen LogP contribution in [-0.4, -0.2) is 72.5 Å². The van der Waals surface area contributed by atoms with Gasteiger partial charge in [-0.25, -0.2) is 4.79 Å². The molecule has 0 radical (unpaired) electrons. The number of likely N-dealkylation sites (N-methyl/N-ethyl adjacent to an activating group) is 2. The molecule has 0 aromatic heterocycles. The second-order valence-corrected chi connectivity index (χ2v) is 8.13. The maximum Gasteiger partial charge on any atom is 0.325 e. The number of ether oxygens (including phenoxy) is 1. The fourth-order valence-corrected chi connectivity index (χ4v) is 4.57. The summed E-state index contributed by atoms with van der Waals surface area (Å²) in [6.07, 6.45) is 2.97. The Hall–Kier alpha value is -2.77. The highest BCUT2D eigenvalue weighted by molar-refractivity contribution is 6.09. The molecule has 4 rings (SSSR count). The normalized spacial score (nSPS) is 22.5. The highest BCUT2D eigenvalue weighted by Crippen LogP contribution is 2.35. The second kappa shape index (κ2) is 7.57. The van der Waals surface area contributed by atoms with Crippen LogP contribution in [0, 0.1) is 0 Å². The smallest absolute Gasteiger partial charge is 0.325 e. The molecule has 1 aromatic rings. The van der Waals surface area contributed by atoms with Gasteiger partial charge in [-0.3, -0.25) is 14.5 Å². The van der Waals surface area contributed by atoms with Gasteiger partial charge in [0.15, 0.2) is 0 Å². The van der Waals surface area contributed by atoms with Crippen LogP contribution in [0.5, 0.6) is 5.75 Å². The molecule has 2 aliphatic heterocycles. The largest absolute Gasteiger partial charge is 0.485 e. The Morgan fingerprint density at radius 2 is 2.00 bits per heavy atom. The Labute approximate surface area is 170 Å². The van der Waals surface area contributed by atoms with Crippen molar-refractivity contribution < 1.29 is 19.1 Å². The molecule has 0 unspecified atom stereocenters. The first-order chi connectivity index (χ1) is 13.9. The molecule has 1 aliphatic carbocycles. The molecule has 2 fully saturated rings. The minimum absolute atomic E-state index is 0.178. The number of urea groups is 1. The van der Waals surface area contributed by atoms with Crippen LogP contribution >= 0.6 is 0 Å². The molecule has 8 nitrogen and oxygen atoms in total. The van der Waals surface area contributed by atoms with E-state index in [-0.39, 0.29) is 24.5 Å². The number of benzene rings is 1. The molecule has 1 atom stereocenters. The van der Waals surface area contributed by atoms with E-state index in [1.54, 1.807) is 11.9 Å². The van der Waals surface area contributed by atoms with Crippen molar-refractivity contribution in [2.45, 2.75) is 44.2 Å². The van der Waals surface area contributed by atoms with E-state index in [9.17, 15) is 14.4 Å². The quantitative estimate of drug-likeness (QED) is 0.759. The molecule has 4 amide bonds. The third-order valence-corrected chi connectivity index (χ3v) is 6.20. The second-order valence-electron chi connectivity index (χ2n) is 8.13. The number of amides is 4. The van der Waals surface area contributed by atoms with Gasteiger partial charge in [0.25, 0.3) is 5.91 Å². The first kappa shape index (κ1) is 19.5. The number of nitrogens with zero attached hydrogens (tertiary/aromatic N) is 3. The van der Waals surface area contributed by atoms with Crippen molar-refractivity contribution in [2.75, 3.05) is 38.1 Å². The molecule has 1 spiro atoms. The first-order valence-electron chi connectivity index (χ1n) is 10.3. The van der Waals surface area contributed by atoms with E-state index < -0.39 is 11.6 Å². The van der Waals surface area contributed by atoms with E-state index >= 15 is 0 Å². The van der Waals surface area contributed by atoms with Crippen molar-refractivity contribution in [3.63, 3.8) is 0 Å². The summed E-state index contributed by atoms with van der Waals surface area (Å²) in [6.45, 7) is 3.77. The van der Waals surface area contributed by atoms with Crippen LogP contribution in [-0.2, 0) is 9.59 Å². The Kier molecular flexibility index (Phi) is 5.10. The van der Waals surface area contributed by atoms with Gasteiger partial charge in [0.1, 0.15) is 23.9 Å². The van der Waals surface area contributed by atoms with Crippen LogP contribution < -0.4 is 15.0 Å². The lowest BCUT2D eigenvalue weighted by atomic mass is 9.98. The first-order valence-corrected chi connectivity index (χ1v) is 10.3. The SMILES string of the molecule is CCN1C[C@H](CN(C)C(=O)CN2C(=O)NC3(CCCC3)C2=O)Oc2ccccc21. The molecule has 2 heterocycles. The number of carbonyl (C=O) groups is 3. The molecular weight excluding hydrogens is 372 g/mol. The lowest BCUT2D eigenvalue weighted by molar-refractivity contribution is -0.138. The minimum atomic E-state index is -0.784. The third kappa shape index (κ3) is 3.52. The fraction of sp³-hybridized carbons (Fsp3) is 0.571. The summed E-state index contributed by atoms with van der Waals surface area (Å²) in [4.78, 5) is 42.6. The summed E-state index contributed by atoms with van der Waals surface area (Å²) in [7, 11) is 1.69. The van der Waals surface area contributed by atoms with Crippen LogP contribution in [0.15, 0.2) is 24.3 Å². The van der Waals surface area contributed by atoms with Crippen LogP contribution in [0.25, 0.3) is 0 Å². The molecule has 3 aliphatic rings. The Morgan fingerprint density at radius 3 is 2.72 bits per heavy atom. The standard InChI is InChI=1S/C21H28N4O4/c1-3-24-13-15(29-17-9-5-4-8-16(17)24)12-23(2)18(26)14-25-19(27)21(22-20(25)28)10-6-7-11-21/h4-5,8-9,15H,3,6-7,10-14H2,1-2H3,(H,22,28)/t15-/m0/s1. The van der Waals surface area contributed by atoms with Gasteiger partial charge in [0.05, 0.1) is 18.8 Å². The monoisotopic (exact) mass is 400 g/mol. The van der Waals surface area contributed by atoms with Gasteiger partial charge in [-0.2, -0.15) is 0 Å². The average Bonchev–Trinajstić information content (AvgIpc) is 3.27. The molecular formula is C21H28N4O4. The third-order valence-electron chi connectivity index (χ3n) is 6.20. The fourth-order valence-electron chi connectivity index (χ4n) is 4.57. The molecule has 1 saturated heterocycles. The Bertz CT molecular complexity index is 821. The Morgan fingerprint density at radius 1 is 1.28 bits per heavy atom. The highest BCUT2D eigenvalue weighted by atomic mass is 16.5. The summed E-state index contributed by atoms with van der Waals surface area (Å²) < 4.78 is 6.08. The molecule has 1 saturated carbocycles. The van der Waals surface area contributed by atoms with Crippen molar-refractivity contribution in [1.29, 1.82) is 0 Å². The number of carbonyl (C=O) groups excluding carboxylic acids is 3. The number of fused-ring (bicyclic) bond motifs is 1. The number of anilines is 1. The molecule has 8 heteroatoms. The topological polar surface area (TPSA) is 82.2 Å². The van der Waals surface area contributed by atoms with E-state index in [1.165, 1.54) is 0 Å².